The number of aromatic nitrogens is 5. The Labute approximate surface area is 181 Å². The topological polar surface area (TPSA) is 128 Å². The Morgan fingerprint density at radius 2 is 2.19 bits per heavy atom. The third kappa shape index (κ3) is 4.96. The van der Waals surface area contributed by atoms with Crippen molar-refractivity contribution in [1.82, 2.24) is 25.0 Å². The maximum Gasteiger partial charge on any atom is 0.242 e. The van der Waals surface area contributed by atoms with Crippen molar-refractivity contribution in [3.63, 3.8) is 0 Å². The average Bonchev–Trinajstić information content (AvgIpc) is 3.11. The summed E-state index contributed by atoms with van der Waals surface area (Å²) >= 11 is 0. The highest BCUT2D eigenvalue weighted by molar-refractivity contribution is 5.97. The van der Waals surface area contributed by atoms with E-state index in [1.165, 1.54) is 6.34 Å². The van der Waals surface area contributed by atoms with E-state index >= 15 is 0 Å². The average molecular weight is 424 g/mol. The fraction of sp³-hybridized carbons (Fsp3) is 0.429. The highest BCUT2D eigenvalue weighted by Crippen LogP contribution is 2.35. The number of nitrogens with zero attached hydrogens (tertiary/aromatic N) is 7. The number of fused-ring (bicyclic) bond motifs is 1. The van der Waals surface area contributed by atoms with Gasteiger partial charge in [-0.3, -0.25) is 9.67 Å². The van der Waals surface area contributed by atoms with E-state index in [-0.39, 0.29) is 5.92 Å². The van der Waals surface area contributed by atoms with Gasteiger partial charge in [0, 0.05) is 19.8 Å². The smallest absolute Gasteiger partial charge is 0.242 e. The molecule has 0 radical (unpaired) electrons. The van der Waals surface area contributed by atoms with Gasteiger partial charge in [0.05, 0.1) is 41.7 Å². The molecule has 0 saturated carbocycles. The van der Waals surface area contributed by atoms with Crippen molar-refractivity contribution in [2.75, 3.05) is 25.5 Å². The Kier molecular flexibility index (Phi) is 7.11. The molecule has 31 heavy (non-hydrogen) atoms. The van der Waals surface area contributed by atoms with Gasteiger partial charge < -0.3 is 15.8 Å². The molecule has 3 aromatic heterocycles. The minimum absolute atomic E-state index is 0.223. The molecule has 0 aliphatic heterocycles. The summed E-state index contributed by atoms with van der Waals surface area (Å²) in [4.78, 5) is 12.8. The van der Waals surface area contributed by atoms with Crippen molar-refractivity contribution < 1.29 is 4.74 Å². The van der Waals surface area contributed by atoms with Crippen LogP contribution in [0.2, 0.25) is 0 Å². The third-order valence-electron chi connectivity index (χ3n) is 4.57. The predicted octanol–water partition coefficient (Wildman–Crippen LogP) is 2.76. The molecular formula is C21H29N9O. The molecule has 0 fully saturated rings. The molecule has 0 bridgehead atoms. The van der Waals surface area contributed by atoms with Crippen molar-refractivity contribution in [2.45, 2.75) is 33.1 Å². The lowest BCUT2D eigenvalue weighted by Gasteiger charge is -2.13. The van der Waals surface area contributed by atoms with Crippen LogP contribution in [0, 0.1) is 0 Å². The summed E-state index contributed by atoms with van der Waals surface area (Å²) < 4.78 is 7.59. The van der Waals surface area contributed by atoms with Crippen LogP contribution in [-0.4, -0.2) is 57.3 Å². The molecule has 0 spiro atoms. The summed E-state index contributed by atoms with van der Waals surface area (Å²) in [7, 11) is 3.54. The highest BCUT2D eigenvalue weighted by atomic mass is 16.5. The van der Waals surface area contributed by atoms with Gasteiger partial charge in [-0.15, -0.1) is 5.10 Å². The van der Waals surface area contributed by atoms with Gasteiger partial charge in [0.1, 0.15) is 12.2 Å². The Hall–Kier alpha value is -3.56. The van der Waals surface area contributed by atoms with Crippen LogP contribution in [0.3, 0.4) is 0 Å². The molecule has 3 rings (SSSR count). The number of ether oxygens (including phenoxy) is 1. The molecule has 3 aromatic rings. The number of aryl methyl sites for hydroxylation is 1. The molecular weight excluding hydrogens is 394 g/mol. The standard InChI is InChI=1S/C21H29N9O/c1-6-9-31-21-14(7-8-26-28-21)15-10-16(24-11-17(22)25-12-23-4)18-19(13(2)3)29-30(5)20(18)27-15/h7-8,10,12-13H,6,9,11H2,1-5H3,(H,24,27)(H2,22,23,25). The lowest BCUT2D eigenvalue weighted by atomic mass is 10.0. The number of hydrogen-bond donors (Lipinski definition) is 2. The maximum atomic E-state index is 6.00. The van der Waals surface area contributed by atoms with Gasteiger partial charge in [-0.05, 0) is 24.5 Å². The number of nitrogens with two attached hydrogens (primary N) is 1. The fourth-order valence-corrected chi connectivity index (χ4v) is 3.14. The summed E-state index contributed by atoms with van der Waals surface area (Å²) in [5, 5.41) is 17.2. The molecule has 0 aliphatic carbocycles. The number of amidine groups is 1. The molecule has 0 saturated heterocycles. The first-order chi connectivity index (χ1) is 15.0. The van der Waals surface area contributed by atoms with E-state index in [2.05, 4.69) is 39.3 Å². The molecule has 164 valence electrons. The second kappa shape index (κ2) is 9.96. The van der Waals surface area contributed by atoms with Crippen LogP contribution in [0.15, 0.2) is 28.3 Å². The van der Waals surface area contributed by atoms with E-state index in [1.54, 1.807) is 17.9 Å². The van der Waals surface area contributed by atoms with Gasteiger partial charge in [0.15, 0.2) is 5.65 Å². The number of anilines is 1. The van der Waals surface area contributed by atoms with Crippen molar-refractivity contribution in [3.05, 3.63) is 24.0 Å². The van der Waals surface area contributed by atoms with Gasteiger partial charge >= 0.3 is 0 Å². The van der Waals surface area contributed by atoms with Gasteiger partial charge in [0.25, 0.3) is 0 Å². The second-order valence-corrected chi connectivity index (χ2v) is 7.36. The van der Waals surface area contributed by atoms with E-state index in [9.17, 15) is 0 Å². The summed E-state index contributed by atoms with van der Waals surface area (Å²) in [6, 6.07) is 3.82. The van der Waals surface area contributed by atoms with Gasteiger partial charge in [0.2, 0.25) is 5.88 Å². The van der Waals surface area contributed by atoms with Gasteiger partial charge in [-0.25, -0.2) is 9.98 Å². The van der Waals surface area contributed by atoms with Crippen LogP contribution in [0.1, 0.15) is 38.8 Å². The van der Waals surface area contributed by atoms with E-state index in [1.807, 2.05) is 26.1 Å². The Bertz CT molecular complexity index is 1100. The first kappa shape index (κ1) is 22.1. The minimum Gasteiger partial charge on any atom is -0.476 e. The predicted molar refractivity (Wildman–Crippen MR) is 124 cm³/mol. The number of nitrogens with one attached hydrogen (secondary N) is 1. The van der Waals surface area contributed by atoms with Crippen LogP contribution in [0.4, 0.5) is 5.69 Å². The molecule has 0 unspecified atom stereocenters. The summed E-state index contributed by atoms with van der Waals surface area (Å²) in [6.45, 7) is 7.16. The number of aliphatic imine (C=N–C) groups is 2. The number of hydrogen-bond acceptors (Lipinski definition) is 7. The van der Waals surface area contributed by atoms with Gasteiger partial charge in [-0.2, -0.15) is 10.2 Å². The zero-order valence-electron chi connectivity index (χ0n) is 18.6. The molecule has 3 N–H and O–H groups in total. The van der Waals surface area contributed by atoms with E-state index in [0.717, 1.165) is 34.4 Å². The second-order valence-electron chi connectivity index (χ2n) is 7.36. The highest BCUT2D eigenvalue weighted by Gasteiger charge is 2.20. The quantitative estimate of drug-likeness (QED) is 0.400. The van der Waals surface area contributed by atoms with Crippen LogP contribution in [-0.2, 0) is 7.05 Å². The van der Waals surface area contributed by atoms with E-state index < -0.39 is 0 Å². The minimum atomic E-state index is 0.223. The maximum absolute atomic E-state index is 6.00. The molecule has 0 amide bonds. The molecule has 10 nitrogen and oxygen atoms in total. The largest absolute Gasteiger partial charge is 0.476 e. The Balaban J connectivity index is 2.14. The van der Waals surface area contributed by atoms with Crippen molar-refractivity contribution in [3.8, 4) is 17.1 Å². The van der Waals surface area contributed by atoms with Crippen LogP contribution in [0.25, 0.3) is 22.3 Å². The first-order valence-corrected chi connectivity index (χ1v) is 10.2. The van der Waals surface area contributed by atoms with E-state index in [0.29, 0.717) is 30.6 Å². The molecule has 0 atom stereocenters. The Morgan fingerprint density at radius 1 is 1.39 bits per heavy atom. The summed E-state index contributed by atoms with van der Waals surface area (Å²) in [5.41, 5.74) is 10.1. The molecule has 0 aromatic carbocycles. The fourth-order valence-electron chi connectivity index (χ4n) is 3.14. The number of rotatable bonds is 9. The molecule has 0 aliphatic rings. The van der Waals surface area contributed by atoms with Crippen molar-refractivity contribution in [2.24, 2.45) is 22.8 Å². The number of pyridine rings is 1. The van der Waals surface area contributed by atoms with Gasteiger partial charge in [-0.1, -0.05) is 20.8 Å². The molecule has 10 heteroatoms. The van der Waals surface area contributed by atoms with Crippen molar-refractivity contribution in [1.29, 1.82) is 0 Å². The lowest BCUT2D eigenvalue weighted by molar-refractivity contribution is 0.303. The summed E-state index contributed by atoms with van der Waals surface area (Å²) in [6.07, 6.45) is 3.92. The zero-order chi connectivity index (χ0) is 22.4. The molecule has 3 heterocycles. The van der Waals surface area contributed by atoms with E-state index in [4.69, 9.17) is 20.6 Å². The van der Waals surface area contributed by atoms with Crippen molar-refractivity contribution >= 4 is 28.9 Å². The van der Waals surface area contributed by atoms with Crippen LogP contribution in [0.5, 0.6) is 5.88 Å². The monoisotopic (exact) mass is 423 g/mol. The van der Waals surface area contributed by atoms with Crippen LogP contribution < -0.4 is 15.8 Å². The normalized spacial score (nSPS) is 12.3. The van der Waals surface area contributed by atoms with Crippen LogP contribution >= 0.6 is 0 Å². The zero-order valence-corrected chi connectivity index (χ0v) is 18.6. The lowest BCUT2D eigenvalue weighted by Crippen LogP contribution is -2.23. The Morgan fingerprint density at radius 3 is 2.90 bits per heavy atom. The third-order valence-corrected chi connectivity index (χ3v) is 4.57. The summed E-state index contributed by atoms with van der Waals surface area (Å²) in [5.74, 6) is 1.10. The SMILES string of the molecule is CCCOc1nnccc1-c1cc(NCC(N)=NC=NC)c2c(C(C)C)nn(C)c2n1. The first-order valence-electron chi connectivity index (χ1n) is 10.2.